The minimum absolute atomic E-state index is 0.0888. The molecule has 1 aromatic rings. The highest BCUT2D eigenvalue weighted by atomic mass is 32.2. The number of rotatable bonds is 3. The third-order valence-electron chi connectivity index (χ3n) is 3.43. The molecule has 0 radical (unpaired) electrons. The lowest BCUT2D eigenvalue weighted by Crippen LogP contribution is -2.39. The zero-order valence-corrected chi connectivity index (χ0v) is 13.7. The third kappa shape index (κ3) is 4.28. The van der Waals surface area contributed by atoms with E-state index in [4.69, 9.17) is 0 Å². The van der Waals surface area contributed by atoms with Gasteiger partial charge in [0.1, 0.15) is 0 Å². The van der Waals surface area contributed by atoms with Crippen molar-refractivity contribution >= 4 is 16.5 Å². The van der Waals surface area contributed by atoms with Gasteiger partial charge in [-0.3, -0.25) is 9.19 Å². The second-order valence-electron chi connectivity index (χ2n) is 6.39. The molecule has 0 unspecified atom stereocenters. The highest BCUT2D eigenvalue weighted by Gasteiger charge is 2.19. The van der Waals surface area contributed by atoms with Crippen molar-refractivity contribution < 1.29 is 4.21 Å². The fourth-order valence-corrected chi connectivity index (χ4v) is 3.30. The summed E-state index contributed by atoms with van der Waals surface area (Å²) in [5.41, 5.74) is 3.58. The van der Waals surface area contributed by atoms with Crippen molar-refractivity contribution in [1.29, 1.82) is 0 Å². The number of hydrogen-bond donors (Lipinski definition) is 1. The summed E-state index contributed by atoms with van der Waals surface area (Å²) in [6.45, 7) is 11.1. The van der Waals surface area contributed by atoms with E-state index in [-0.39, 0.29) is 5.54 Å². The van der Waals surface area contributed by atoms with Crippen LogP contribution in [0.4, 0.5) is 5.69 Å². The molecule has 0 atom stereocenters. The first kappa shape index (κ1) is 15.4. The average Bonchev–Trinajstić information content (AvgIpc) is 2.37. The zero-order valence-electron chi connectivity index (χ0n) is 12.9. The lowest BCUT2D eigenvalue weighted by Gasteiger charge is -2.31. The Balaban J connectivity index is 2.17. The van der Waals surface area contributed by atoms with E-state index in [1.165, 1.54) is 11.3 Å². The summed E-state index contributed by atoms with van der Waals surface area (Å²) in [6.07, 6.45) is 1.97. The van der Waals surface area contributed by atoms with Crippen molar-refractivity contribution in [2.45, 2.75) is 39.8 Å². The molecule has 1 N–H and O–H groups in total. The Labute approximate surface area is 124 Å². The zero-order chi connectivity index (χ0) is 14.8. The largest absolute Gasteiger partial charge is 0.369 e. The Morgan fingerprint density at radius 1 is 1.35 bits per heavy atom. The minimum atomic E-state index is -0.637. The average molecular weight is 295 g/mol. The van der Waals surface area contributed by atoms with Crippen LogP contribution in [-0.2, 0) is 17.3 Å². The number of nitrogens with one attached hydrogen (secondary N) is 1. The van der Waals surface area contributed by atoms with Crippen molar-refractivity contribution in [3.8, 4) is 0 Å². The summed E-state index contributed by atoms with van der Waals surface area (Å²) in [7, 11) is -0.637. The van der Waals surface area contributed by atoms with Crippen molar-refractivity contribution in [2.75, 3.05) is 29.5 Å². The summed E-state index contributed by atoms with van der Waals surface area (Å²) < 4.78 is 11.5. The van der Waals surface area contributed by atoms with Crippen LogP contribution in [0.3, 0.4) is 0 Å². The van der Waals surface area contributed by atoms with Gasteiger partial charge in [-0.2, -0.15) is 0 Å². The Morgan fingerprint density at radius 3 is 2.60 bits per heavy atom. The standard InChI is InChI=1S/C15H25N3OS/c1-12-9-14(18-5-7-20(19)8-6-18)13(10-16-12)11-17-15(2,3)4/h9-10,17H,5-8,11H2,1-4H3. The fraction of sp³-hybridized carbons (Fsp3) is 0.667. The molecule has 0 aliphatic carbocycles. The van der Waals surface area contributed by atoms with Crippen molar-refractivity contribution in [1.82, 2.24) is 10.3 Å². The molecule has 2 rings (SSSR count). The van der Waals surface area contributed by atoms with Crippen LogP contribution in [0, 0.1) is 6.92 Å². The van der Waals surface area contributed by atoms with Gasteiger partial charge in [0, 0.05) is 70.6 Å². The first-order valence-corrected chi connectivity index (χ1v) is 8.64. The van der Waals surface area contributed by atoms with Crippen molar-refractivity contribution in [3.05, 3.63) is 23.5 Å². The van der Waals surface area contributed by atoms with Gasteiger partial charge < -0.3 is 10.2 Å². The molecule has 1 saturated heterocycles. The number of pyridine rings is 1. The van der Waals surface area contributed by atoms with Gasteiger partial charge in [0.25, 0.3) is 0 Å². The molecule has 1 fully saturated rings. The maximum absolute atomic E-state index is 11.5. The molecule has 2 heterocycles. The SMILES string of the molecule is Cc1cc(N2CCS(=O)CC2)c(CNC(C)(C)C)cn1. The van der Waals surface area contributed by atoms with E-state index >= 15 is 0 Å². The van der Waals surface area contributed by atoms with Crippen LogP contribution in [0.1, 0.15) is 32.0 Å². The predicted molar refractivity (Wildman–Crippen MR) is 85.7 cm³/mol. The quantitative estimate of drug-likeness (QED) is 0.924. The van der Waals surface area contributed by atoms with Crippen LogP contribution in [0.5, 0.6) is 0 Å². The first-order chi connectivity index (χ1) is 9.35. The van der Waals surface area contributed by atoms with Gasteiger partial charge >= 0.3 is 0 Å². The summed E-state index contributed by atoms with van der Waals surface area (Å²) >= 11 is 0. The maximum Gasteiger partial charge on any atom is 0.0446 e. The van der Waals surface area contributed by atoms with E-state index in [2.05, 4.69) is 42.0 Å². The van der Waals surface area contributed by atoms with Crippen LogP contribution >= 0.6 is 0 Å². The lowest BCUT2D eigenvalue weighted by atomic mass is 10.1. The fourth-order valence-electron chi connectivity index (χ4n) is 2.24. The highest BCUT2D eigenvalue weighted by molar-refractivity contribution is 7.85. The smallest absolute Gasteiger partial charge is 0.0446 e. The maximum atomic E-state index is 11.5. The summed E-state index contributed by atoms with van der Waals surface area (Å²) in [6, 6.07) is 2.15. The van der Waals surface area contributed by atoms with E-state index in [0.29, 0.717) is 0 Å². The molecular weight excluding hydrogens is 270 g/mol. The Bertz CT molecular complexity index is 486. The van der Waals surface area contributed by atoms with Crippen molar-refractivity contribution in [3.63, 3.8) is 0 Å². The first-order valence-electron chi connectivity index (χ1n) is 7.16. The van der Waals surface area contributed by atoms with E-state index in [0.717, 1.165) is 36.8 Å². The van der Waals surface area contributed by atoms with Crippen LogP contribution in [0.2, 0.25) is 0 Å². The molecule has 112 valence electrons. The predicted octanol–water partition coefficient (Wildman–Crippen LogP) is 1.85. The molecule has 20 heavy (non-hydrogen) atoms. The Kier molecular flexibility index (Phi) is 4.81. The van der Waals surface area contributed by atoms with Gasteiger partial charge in [0.15, 0.2) is 0 Å². The molecule has 1 aliphatic heterocycles. The number of anilines is 1. The van der Waals surface area contributed by atoms with Crippen LogP contribution in [0.25, 0.3) is 0 Å². The number of aromatic nitrogens is 1. The van der Waals surface area contributed by atoms with Crippen LogP contribution < -0.4 is 10.2 Å². The molecule has 0 spiro atoms. The molecule has 1 aromatic heterocycles. The molecule has 0 saturated carbocycles. The second kappa shape index (κ2) is 6.22. The second-order valence-corrected chi connectivity index (χ2v) is 8.09. The number of hydrogen-bond acceptors (Lipinski definition) is 4. The van der Waals surface area contributed by atoms with Gasteiger partial charge in [0.2, 0.25) is 0 Å². The van der Waals surface area contributed by atoms with Gasteiger partial charge in [-0.1, -0.05) is 0 Å². The number of nitrogens with zero attached hydrogens (tertiary/aromatic N) is 2. The van der Waals surface area contributed by atoms with E-state index < -0.39 is 10.8 Å². The Hall–Kier alpha value is -0.940. The Morgan fingerprint density at radius 2 is 2.00 bits per heavy atom. The summed E-state index contributed by atoms with van der Waals surface area (Å²) in [5, 5.41) is 3.52. The van der Waals surface area contributed by atoms with Gasteiger partial charge in [-0.15, -0.1) is 0 Å². The summed E-state index contributed by atoms with van der Waals surface area (Å²) in [5.74, 6) is 1.54. The van der Waals surface area contributed by atoms with Crippen molar-refractivity contribution in [2.24, 2.45) is 0 Å². The third-order valence-corrected chi connectivity index (χ3v) is 4.70. The lowest BCUT2D eigenvalue weighted by molar-refractivity contribution is 0.424. The van der Waals surface area contributed by atoms with Gasteiger partial charge in [0.05, 0.1) is 0 Å². The summed E-state index contributed by atoms with van der Waals surface area (Å²) in [4.78, 5) is 6.77. The molecule has 0 aromatic carbocycles. The molecule has 5 heteroatoms. The molecule has 1 aliphatic rings. The van der Waals surface area contributed by atoms with Crippen LogP contribution in [0.15, 0.2) is 12.3 Å². The molecular formula is C15H25N3OS. The van der Waals surface area contributed by atoms with E-state index in [1.807, 2.05) is 13.1 Å². The van der Waals surface area contributed by atoms with E-state index in [1.54, 1.807) is 0 Å². The molecule has 0 bridgehead atoms. The monoisotopic (exact) mass is 295 g/mol. The topological polar surface area (TPSA) is 45.2 Å². The highest BCUT2D eigenvalue weighted by Crippen LogP contribution is 2.23. The number of aryl methyl sites for hydroxylation is 1. The molecule has 4 nitrogen and oxygen atoms in total. The van der Waals surface area contributed by atoms with E-state index in [9.17, 15) is 4.21 Å². The van der Waals surface area contributed by atoms with Gasteiger partial charge in [-0.05, 0) is 33.8 Å². The normalized spacial score (nSPS) is 17.5. The minimum Gasteiger partial charge on any atom is -0.369 e. The van der Waals surface area contributed by atoms with Gasteiger partial charge in [-0.25, -0.2) is 0 Å². The van der Waals surface area contributed by atoms with Crippen LogP contribution in [-0.4, -0.2) is 39.3 Å². The molecule has 0 amide bonds.